The van der Waals surface area contributed by atoms with Gasteiger partial charge in [0.1, 0.15) is 6.61 Å². The standard InChI is InChI=1S/C8H13F3O4S/c1-3-4-7(12)15-5-6(9)8(10,11)16(2,13)14/h6H,3-5H2,1-2H3. The van der Waals surface area contributed by atoms with Crippen LogP contribution in [0.25, 0.3) is 0 Å². The number of carbonyl (C=O) groups is 1. The van der Waals surface area contributed by atoms with Gasteiger partial charge < -0.3 is 4.74 Å². The van der Waals surface area contributed by atoms with Crippen LogP contribution < -0.4 is 0 Å². The number of hydrogen-bond donors (Lipinski definition) is 0. The Balaban J connectivity index is 4.37. The van der Waals surface area contributed by atoms with Crippen molar-refractivity contribution >= 4 is 15.8 Å². The molecule has 0 saturated carbocycles. The SMILES string of the molecule is CCCC(=O)OCC(F)C(F)(F)S(C)(=O)=O. The molecule has 0 aliphatic rings. The average Bonchev–Trinajstić information content (AvgIpc) is 2.12. The summed E-state index contributed by atoms with van der Waals surface area (Å²) < 4.78 is 63.7. The first-order valence-corrected chi connectivity index (χ1v) is 6.39. The van der Waals surface area contributed by atoms with Crippen molar-refractivity contribution in [1.29, 1.82) is 0 Å². The number of carbonyl (C=O) groups excluding carboxylic acids is 1. The molecule has 8 heteroatoms. The largest absolute Gasteiger partial charge is 0.462 e. The molecule has 4 nitrogen and oxygen atoms in total. The summed E-state index contributed by atoms with van der Waals surface area (Å²) in [4.78, 5) is 10.7. The number of ether oxygens (including phenoxy) is 1. The van der Waals surface area contributed by atoms with E-state index in [2.05, 4.69) is 4.74 Å². The van der Waals surface area contributed by atoms with Crippen molar-refractivity contribution in [2.45, 2.75) is 31.2 Å². The van der Waals surface area contributed by atoms with E-state index in [0.29, 0.717) is 6.42 Å². The smallest absolute Gasteiger partial charge is 0.378 e. The van der Waals surface area contributed by atoms with Crippen molar-refractivity contribution in [2.24, 2.45) is 0 Å². The Morgan fingerprint density at radius 1 is 1.44 bits per heavy atom. The van der Waals surface area contributed by atoms with Gasteiger partial charge in [-0.15, -0.1) is 0 Å². The van der Waals surface area contributed by atoms with E-state index in [1.807, 2.05) is 0 Å². The summed E-state index contributed by atoms with van der Waals surface area (Å²) in [5, 5.41) is -4.54. The molecule has 0 aliphatic heterocycles. The summed E-state index contributed by atoms with van der Waals surface area (Å²) in [6.45, 7) is 0.387. The summed E-state index contributed by atoms with van der Waals surface area (Å²) in [5.41, 5.74) is 0. The lowest BCUT2D eigenvalue weighted by Crippen LogP contribution is -2.41. The first-order valence-electron chi connectivity index (χ1n) is 4.50. The Kier molecular flexibility index (Phi) is 5.24. The lowest BCUT2D eigenvalue weighted by molar-refractivity contribution is -0.148. The van der Waals surface area contributed by atoms with Crippen LogP contribution in [0, 0.1) is 0 Å². The molecule has 0 aromatic carbocycles. The van der Waals surface area contributed by atoms with Gasteiger partial charge in [-0.2, -0.15) is 8.78 Å². The predicted molar refractivity (Wildman–Crippen MR) is 50.6 cm³/mol. The van der Waals surface area contributed by atoms with Crippen molar-refractivity contribution in [2.75, 3.05) is 12.9 Å². The zero-order valence-corrected chi connectivity index (χ0v) is 9.69. The molecular formula is C8H13F3O4S. The van der Waals surface area contributed by atoms with Crippen LogP contribution in [0.4, 0.5) is 13.2 Å². The molecule has 16 heavy (non-hydrogen) atoms. The molecule has 0 N–H and O–H groups in total. The molecule has 0 aromatic rings. The zero-order chi connectivity index (χ0) is 13.0. The second-order valence-corrected chi connectivity index (χ2v) is 5.32. The van der Waals surface area contributed by atoms with Gasteiger partial charge in [-0.05, 0) is 6.42 Å². The molecule has 0 rings (SSSR count). The van der Waals surface area contributed by atoms with Gasteiger partial charge in [-0.25, -0.2) is 12.8 Å². The molecule has 1 atom stereocenters. The molecule has 0 heterocycles. The fourth-order valence-electron chi connectivity index (χ4n) is 0.772. The normalized spacial score (nSPS) is 14.6. The number of rotatable bonds is 6. The molecule has 0 aromatic heterocycles. The Labute approximate surface area is 91.7 Å². The topological polar surface area (TPSA) is 60.4 Å². The first kappa shape index (κ1) is 15.2. The molecule has 0 amide bonds. The van der Waals surface area contributed by atoms with E-state index in [1.165, 1.54) is 0 Å². The summed E-state index contributed by atoms with van der Waals surface area (Å²) in [6, 6.07) is 0. The second kappa shape index (κ2) is 5.51. The van der Waals surface area contributed by atoms with Crippen LogP contribution in [0.15, 0.2) is 0 Å². The highest BCUT2D eigenvalue weighted by atomic mass is 32.2. The number of hydrogen-bond acceptors (Lipinski definition) is 4. The molecule has 0 spiro atoms. The molecule has 0 aliphatic carbocycles. The van der Waals surface area contributed by atoms with Gasteiger partial charge in [-0.1, -0.05) is 6.92 Å². The maximum Gasteiger partial charge on any atom is 0.378 e. The van der Waals surface area contributed by atoms with Gasteiger partial charge in [0.25, 0.3) is 0 Å². The van der Waals surface area contributed by atoms with Crippen molar-refractivity contribution in [1.82, 2.24) is 0 Å². The van der Waals surface area contributed by atoms with E-state index in [0.717, 1.165) is 0 Å². The van der Waals surface area contributed by atoms with Crippen LogP contribution in [0.2, 0.25) is 0 Å². The average molecular weight is 262 g/mol. The van der Waals surface area contributed by atoms with Crippen molar-refractivity contribution in [3.8, 4) is 0 Å². The van der Waals surface area contributed by atoms with Crippen LogP contribution in [0.5, 0.6) is 0 Å². The van der Waals surface area contributed by atoms with Crippen molar-refractivity contribution in [3.63, 3.8) is 0 Å². The van der Waals surface area contributed by atoms with E-state index in [1.54, 1.807) is 6.92 Å². The zero-order valence-electron chi connectivity index (χ0n) is 8.87. The van der Waals surface area contributed by atoms with Crippen LogP contribution in [0.3, 0.4) is 0 Å². The molecule has 96 valence electrons. The fraction of sp³-hybridized carbons (Fsp3) is 0.875. The van der Waals surface area contributed by atoms with E-state index in [4.69, 9.17) is 0 Å². The van der Waals surface area contributed by atoms with Gasteiger partial charge >= 0.3 is 11.2 Å². The quantitative estimate of drug-likeness (QED) is 0.677. The lowest BCUT2D eigenvalue weighted by Gasteiger charge is -2.18. The minimum Gasteiger partial charge on any atom is -0.462 e. The highest BCUT2D eigenvalue weighted by Gasteiger charge is 2.50. The van der Waals surface area contributed by atoms with E-state index in [9.17, 15) is 26.4 Å². The Hall–Kier alpha value is -0.790. The van der Waals surface area contributed by atoms with Gasteiger partial charge in [0, 0.05) is 12.7 Å². The monoisotopic (exact) mass is 262 g/mol. The van der Waals surface area contributed by atoms with E-state index < -0.39 is 33.8 Å². The van der Waals surface area contributed by atoms with Gasteiger partial charge in [0.2, 0.25) is 16.0 Å². The number of halogens is 3. The molecule has 1 unspecified atom stereocenters. The molecule has 0 saturated heterocycles. The number of alkyl halides is 3. The van der Waals surface area contributed by atoms with Crippen LogP contribution in [-0.2, 0) is 19.4 Å². The van der Waals surface area contributed by atoms with Gasteiger partial charge in [-0.3, -0.25) is 4.79 Å². The van der Waals surface area contributed by atoms with Gasteiger partial charge in [0.15, 0.2) is 0 Å². The maximum absolute atomic E-state index is 12.9. The Morgan fingerprint density at radius 3 is 2.31 bits per heavy atom. The van der Waals surface area contributed by atoms with Crippen molar-refractivity contribution < 1.29 is 31.1 Å². The number of esters is 1. The molecule has 0 fully saturated rings. The lowest BCUT2D eigenvalue weighted by atomic mass is 10.3. The molecule has 0 radical (unpaired) electrons. The van der Waals surface area contributed by atoms with E-state index in [-0.39, 0.29) is 12.7 Å². The highest BCUT2D eigenvalue weighted by Crippen LogP contribution is 2.27. The first-order chi connectivity index (χ1) is 7.13. The maximum atomic E-state index is 12.9. The predicted octanol–water partition coefficient (Wildman–Crippen LogP) is 1.31. The van der Waals surface area contributed by atoms with Crippen molar-refractivity contribution in [3.05, 3.63) is 0 Å². The molecule has 0 bridgehead atoms. The summed E-state index contributed by atoms with van der Waals surface area (Å²) >= 11 is 0. The van der Waals surface area contributed by atoms with E-state index >= 15 is 0 Å². The summed E-state index contributed by atoms with van der Waals surface area (Å²) in [7, 11) is -4.86. The third kappa shape index (κ3) is 3.99. The Bertz CT molecular complexity index is 339. The fourth-order valence-corrected chi connectivity index (χ4v) is 1.30. The van der Waals surface area contributed by atoms with Crippen LogP contribution >= 0.6 is 0 Å². The second-order valence-electron chi connectivity index (χ2n) is 3.23. The van der Waals surface area contributed by atoms with Crippen LogP contribution in [-0.4, -0.2) is 38.7 Å². The Morgan fingerprint density at radius 2 is 1.94 bits per heavy atom. The highest BCUT2D eigenvalue weighted by molar-refractivity contribution is 7.91. The third-order valence-electron chi connectivity index (χ3n) is 1.70. The minimum atomic E-state index is -4.86. The minimum absolute atomic E-state index is 0.0306. The summed E-state index contributed by atoms with van der Waals surface area (Å²) in [5.74, 6) is -0.838. The molecular weight excluding hydrogens is 249 g/mol. The van der Waals surface area contributed by atoms with Crippen LogP contribution in [0.1, 0.15) is 19.8 Å². The van der Waals surface area contributed by atoms with Gasteiger partial charge in [0.05, 0.1) is 0 Å². The summed E-state index contributed by atoms with van der Waals surface area (Å²) in [6.07, 6.45) is -2.44. The third-order valence-corrected chi connectivity index (χ3v) is 2.95. The number of sulfone groups is 1.